The third-order valence-electron chi connectivity index (χ3n) is 2.34. The highest BCUT2D eigenvalue weighted by Crippen LogP contribution is 2.27. The van der Waals surface area contributed by atoms with E-state index in [1.54, 1.807) is 25.2 Å². The van der Waals surface area contributed by atoms with Crippen LogP contribution in [0.3, 0.4) is 0 Å². The van der Waals surface area contributed by atoms with Crippen LogP contribution in [0.1, 0.15) is 18.1 Å². The Kier molecular flexibility index (Phi) is 5.72. The highest BCUT2D eigenvalue weighted by Gasteiger charge is 2.18. The molecular weight excluding hydrogens is 293 g/mol. The molecule has 0 saturated heterocycles. The number of rotatable bonds is 5. The minimum absolute atomic E-state index is 0.498. The minimum atomic E-state index is -0.887. The number of aliphatic hydroxyl groups is 2. The molecule has 0 aromatic heterocycles. The van der Waals surface area contributed by atoms with E-state index in [0.717, 1.165) is 0 Å². The maximum absolute atomic E-state index is 9.89. The van der Waals surface area contributed by atoms with Gasteiger partial charge in [0.05, 0.1) is 11.1 Å². The molecule has 0 spiro atoms. The van der Waals surface area contributed by atoms with E-state index in [1.165, 1.54) is 0 Å². The van der Waals surface area contributed by atoms with Gasteiger partial charge in [-0.15, -0.1) is 0 Å². The Bertz CT molecular complexity index is 349. The van der Waals surface area contributed by atoms with E-state index >= 15 is 0 Å². The zero-order chi connectivity index (χ0) is 12.1. The molecule has 0 aliphatic heterocycles. The molecule has 16 heavy (non-hydrogen) atoms. The first kappa shape index (κ1) is 13.9. The second-order valence-corrected chi connectivity index (χ2v) is 4.84. The van der Waals surface area contributed by atoms with Crippen LogP contribution in [0.25, 0.3) is 0 Å². The van der Waals surface area contributed by atoms with Gasteiger partial charge in [-0.1, -0.05) is 17.7 Å². The topological polar surface area (TPSA) is 52.5 Å². The Labute approximate surface area is 109 Å². The SMILES string of the molecule is CNCCC(O)C(O)c1ccc(Cl)c(Br)c1. The summed E-state index contributed by atoms with van der Waals surface area (Å²) in [6.45, 7) is 0.660. The molecular formula is C11H15BrClNO2. The zero-order valence-corrected chi connectivity index (χ0v) is 11.3. The minimum Gasteiger partial charge on any atom is -0.390 e. The molecule has 1 rings (SSSR count). The lowest BCUT2D eigenvalue weighted by Gasteiger charge is -2.18. The molecule has 0 heterocycles. The van der Waals surface area contributed by atoms with Gasteiger partial charge in [0.2, 0.25) is 0 Å². The summed E-state index contributed by atoms with van der Waals surface area (Å²) in [5, 5.41) is 23.1. The van der Waals surface area contributed by atoms with Crippen molar-refractivity contribution < 1.29 is 10.2 Å². The van der Waals surface area contributed by atoms with Crippen LogP contribution in [-0.4, -0.2) is 29.9 Å². The number of benzene rings is 1. The Hall–Kier alpha value is -0.130. The number of nitrogens with one attached hydrogen (secondary N) is 1. The predicted molar refractivity (Wildman–Crippen MR) is 68.7 cm³/mol. The van der Waals surface area contributed by atoms with Crippen molar-refractivity contribution in [1.82, 2.24) is 5.32 Å². The Morgan fingerprint density at radius 2 is 2.12 bits per heavy atom. The molecule has 2 unspecified atom stereocenters. The van der Waals surface area contributed by atoms with Crippen LogP contribution in [0.15, 0.2) is 22.7 Å². The Balaban J connectivity index is 2.71. The van der Waals surface area contributed by atoms with E-state index in [4.69, 9.17) is 11.6 Å². The largest absolute Gasteiger partial charge is 0.390 e. The molecule has 0 saturated carbocycles. The lowest BCUT2D eigenvalue weighted by atomic mass is 10.0. The number of hydrogen-bond donors (Lipinski definition) is 3. The molecule has 3 nitrogen and oxygen atoms in total. The first-order valence-corrected chi connectivity index (χ1v) is 6.19. The molecule has 3 N–H and O–H groups in total. The predicted octanol–water partition coefficient (Wildman–Crippen LogP) is 2.11. The standard InChI is InChI=1S/C11H15BrClNO2/c1-14-5-4-10(15)11(16)7-2-3-9(13)8(12)6-7/h2-3,6,10-11,14-16H,4-5H2,1H3. The van der Waals surface area contributed by atoms with Crippen LogP contribution in [0.4, 0.5) is 0 Å². The second-order valence-electron chi connectivity index (χ2n) is 3.58. The summed E-state index contributed by atoms with van der Waals surface area (Å²) in [6.07, 6.45) is -1.17. The van der Waals surface area contributed by atoms with Crippen molar-refractivity contribution in [3.8, 4) is 0 Å². The molecule has 0 radical (unpaired) electrons. The van der Waals surface area contributed by atoms with Crippen LogP contribution in [0.5, 0.6) is 0 Å². The number of hydrogen-bond acceptors (Lipinski definition) is 3. The van der Waals surface area contributed by atoms with Crippen LogP contribution in [-0.2, 0) is 0 Å². The molecule has 2 atom stereocenters. The number of aliphatic hydroxyl groups excluding tert-OH is 2. The van der Waals surface area contributed by atoms with Crippen LogP contribution in [0, 0.1) is 0 Å². The maximum Gasteiger partial charge on any atom is 0.105 e. The van der Waals surface area contributed by atoms with E-state index < -0.39 is 12.2 Å². The van der Waals surface area contributed by atoms with Crippen molar-refractivity contribution in [3.63, 3.8) is 0 Å². The molecule has 0 aliphatic carbocycles. The van der Waals surface area contributed by atoms with Crippen molar-refractivity contribution in [2.45, 2.75) is 18.6 Å². The van der Waals surface area contributed by atoms with Gasteiger partial charge in [-0.05, 0) is 53.6 Å². The third kappa shape index (κ3) is 3.71. The van der Waals surface area contributed by atoms with Gasteiger partial charge < -0.3 is 15.5 Å². The Morgan fingerprint density at radius 1 is 1.44 bits per heavy atom. The summed E-state index contributed by atoms with van der Waals surface area (Å²) in [7, 11) is 1.80. The Morgan fingerprint density at radius 3 is 2.69 bits per heavy atom. The molecule has 0 amide bonds. The fraction of sp³-hybridized carbons (Fsp3) is 0.455. The first-order chi connectivity index (χ1) is 7.56. The lowest BCUT2D eigenvalue weighted by molar-refractivity contribution is 0.0140. The summed E-state index contributed by atoms with van der Waals surface area (Å²) in [6, 6.07) is 5.12. The summed E-state index contributed by atoms with van der Waals surface area (Å²) < 4.78 is 0.714. The molecule has 1 aromatic carbocycles. The fourth-order valence-electron chi connectivity index (χ4n) is 1.37. The van der Waals surface area contributed by atoms with Crippen molar-refractivity contribution in [1.29, 1.82) is 0 Å². The monoisotopic (exact) mass is 307 g/mol. The van der Waals surface area contributed by atoms with Crippen molar-refractivity contribution >= 4 is 27.5 Å². The van der Waals surface area contributed by atoms with Gasteiger partial charge in [-0.2, -0.15) is 0 Å². The van der Waals surface area contributed by atoms with E-state index in [0.29, 0.717) is 28.0 Å². The van der Waals surface area contributed by atoms with Crippen LogP contribution in [0.2, 0.25) is 5.02 Å². The van der Waals surface area contributed by atoms with Gasteiger partial charge in [-0.3, -0.25) is 0 Å². The molecule has 0 fully saturated rings. The van der Waals surface area contributed by atoms with Gasteiger partial charge in [0.15, 0.2) is 0 Å². The van der Waals surface area contributed by atoms with Crippen LogP contribution >= 0.6 is 27.5 Å². The molecule has 90 valence electrons. The van der Waals surface area contributed by atoms with Gasteiger partial charge in [0.25, 0.3) is 0 Å². The quantitative estimate of drug-likeness (QED) is 0.781. The van der Waals surface area contributed by atoms with Gasteiger partial charge in [0.1, 0.15) is 6.10 Å². The van der Waals surface area contributed by atoms with Crippen molar-refractivity contribution in [2.75, 3.05) is 13.6 Å². The zero-order valence-electron chi connectivity index (χ0n) is 8.95. The summed E-state index contributed by atoms with van der Waals surface area (Å²) >= 11 is 9.13. The lowest BCUT2D eigenvalue weighted by Crippen LogP contribution is -2.23. The van der Waals surface area contributed by atoms with Crippen LogP contribution < -0.4 is 5.32 Å². The molecule has 0 aliphatic rings. The summed E-state index contributed by atoms with van der Waals surface area (Å²) in [5.41, 5.74) is 0.653. The molecule has 5 heteroatoms. The van der Waals surface area contributed by atoms with E-state index in [-0.39, 0.29) is 0 Å². The highest BCUT2D eigenvalue weighted by atomic mass is 79.9. The van der Waals surface area contributed by atoms with Crippen molar-refractivity contribution in [2.24, 2.45) is 0 Å². The molecule has 0 bridgehead atoms. The van der Waals surface area contributed by atoms with E-state index in [1.807, 2.05) is 0 Å². The molecule has 1 aromatic rings. The van der Waals surface area contributed by atoms with E-state index in [2.05, 4.69) is 21.2 Å². The summed E-state index contributed by atoms with van der Waals surface area (Å²) in [5.74, 6) is 0. The van der Waals surface area contributed by atoms with Crippen molar-refractivity contribution in [3.05, 3.63) is 33.3 Å². The first-order valence-electron chi connectivity index (χ1n) is 5.02. The number of halogens is 2. The highest BCUT2D eigenvalue weighted by molar-refractivity contribution is 9.10. The fourth-order valence-corrected chi connectivity index (χ4v) is 1.88. The average molecular weight is 309 g/mol. The van der Waals surface area contributed by atoms with Gasteiger partial charge in [0, 0.05) is 4.47 Å². The normalized spacial score (nSPS) is 14.8. The summed E-state index contributed by atoms with van der Waals surface area (Å²) in [4.78, 5) is 0. The average Bonchev–Trinajstić information content (AvgIpc) is 2.28. The van der Waals surface area contributed by atoms with Gasteiger partial charge in [-0.25, -0.2) is 0 Å². The second kappa shape index (κ2) is 6.57. The van der Waals surface area contributed by atoms with E-state index in [9.17, 15) is 10.2 Å². The van der Waals surface area contributed by atoms with Gasteiger partial charge >= 0.3 is 0 Å². The smallest absolute Gasteiger partial charge is 0.105 e. The third-order valence-corrected chi connectivity index (χ3v) is 3.55. The maximum atomic E-state index is 9.89.